The van der Waals surface area contributed by atoms with E-state index in [1.54, 1.807) is 6.20 Å². The summed E-state index contributed by atoms with van der Waals surface area (Å²) < 4.78 is 5.15. The Bertz CT molecular complexity index is 303. The van der Waals surface area contributed by atoms with Crippen molar-refractivity contribution in [3.8, 4) is 0 Å². The molecule has 2 heterocycles. The van der Waals surface area contributed by atoms with Crippen LogP contribution in [0, 0.1) is 0 Å². The summed E-state index contributed by atoms with van der Waals surface area (Å²) in [5.74, 6) is 0.464. The average molecular weight is 180 g/mol. The molecule has 2 unspecified atom stereocenters. The lowest BCUT2D eigenvalue weighted by molar-refractivity contribution is 0.124. The van der Waals surface area contributed by atoms with Crippen LogP contribution in [0.2, 0.25) is 0 Å². The van der Waals surface area contributed by atoms with Crippen LogP contribution in [0.15, 0.2) is 18.3 Å². The minimum Gasteiger partial charge on any atom is -0.390 e. The van der Waals surface area contributed by atoms with Crippen molar-refractivity contribution >= 4 is 5.82 Å². The van der Waals surface area contributed by atoms with Gasteiger partial charge in [0.15, 0.2) is 0 Å². The molecule has 3 N–H and O–H groups in total. The second-order valence-electron chi connectivity index (χ2n) is 3.19. The lowest BCUT2D eigenvalue weighted by Crippen LogP contribution is -2.17. The van der Waals surface area contributed by atoms with Gasteiger partial charge in [-0.3, -0.25) is 0 Å². The molecule has 0 aliphatic carbocycles. The normalized spacial score (nSPS) is 27.8. The van der Waals surface area contributed by atoms with Crippen LogP contribution in [0.4, 0.5) is 5.82 Å². The van der Waals surface area contributed by atoms with E-state index in [4.69, 9.17) is 10.5 Å². The Hall–Kier alpha value is -1.13. The van der Waals surface area contributed by atoms with Gasteiger partial charge in [-0.05, 0) is 6.07 Å². The summed E-state index contributed by atoms with van der Waals surface area (Å²) in [5, 5.41) is 9.56. The van der Waals surface area contributed by atoms with Crippen molar-refractivity contribution < 1.29 is 9.84 Å². The molecule has 13 heavy (non-hydrogen) atoms. The molecule has 0 spiro atoms. The second-order valence-corrected chi connectivity index (χ2v) is 3.19. The molecule has 1 fully saturated rings. The van der Waals surface area contributed by atoms with Crippen LogP contribution in [-0.2, 0) is 4.74 Å². The Morgan fingerprint density at radius 1 is 1.54 bits per heavy atom. The van der Waals surface area contributed by atoms with E-state index in [2.05, 4.69) is 4.98 Å². The first-order chi connectivity index (χ1) is 6.29. The molecule has 0 bridgehead atoms. The largest absolute Gasteiger partial charge is 0.390 e. The molecule has 4 heteroatoms. The lowest BCUT2D eigenvalue weighted by atomic mass is 9.97. The third-order valence-corrected chi connectivity index (χ3v) is 2.32. The van der Waals surface area contributed by atoms with Crippen LogP contribution < -0.4 is 5.73 Å². The van der Waals surface area contributed by atoms with E-state index in [-0.39, 0.29) is 5.92 Å². The molecule has 1 aliphatic heterocycles. The summed E-state index contributed by atoms with van der Waals surface area (Å²) in [6.45, 7) is 0.913. The highest BCUT2D eigenvalue weighted by Crippen LogP contribution is 2.28. The van der Waals surface area contributed by atoms with Crippen LogP contribution in [-0.4, -0.2) is 29.4 Å². The van der Waals surface area contributed by atoms with Gasteiger partial charge < -0.3 is 15.6 Å². The minimum atomic E-state index is -0.452. The molecule has 0 saturated carbocycles. The fourth-order valence-electron chi connectivity index (χ4n) is 1.58. The lowest BCUT2D eigenvalue weighted by Gasteiger charge is -2.13. The van der Waals surface area contributed by atoms with Crippen molar-refractivity contribution in [3.63, 3.8) is 0 Å². The maximum Gasteiger partial charge on any atom is 0.126 e. The zero-order valence-electron chi connectivity index (χ0n) is 7.18. The zero-order valence-corrected chi connectivity index (χ0v) is 7.18. The van der Waals surface area contributed by atoms with Crippen molar-refractivity contribution in [2.75, 3.05) is 18.9 Å². The number of aliphatic hydroxyl groups excluding tert-OH is 1. The Morgan fingerprint density at radius 2 is 2.38 bits per heavy atom. The van der Waals surface area contributed by atoms with Gasteiger partial charge >= 0.3 is 0 Å². The fourth-order valence-corrected chi connectivity index (χ4v) is 1.58. The minimum absolute atomic E-state index is 0.0197. The molecule has 0 amide bonds. The first kappa shape index (κ1) is 8.47. The number of nitrogens with zero attached hydrogens (tertiary/aromatic N) is 1. The van der Waals surface area contributed by atoms with Gasteiger partial charge in [-0.25, -0.2) is 4.98 Å². The summed E-state index contributed by atoms with van der Waals surface area (Å²) in [5.41, 5.74) is 6.57. The Kier molecular flexibility index (Phi) is 2.16. The van der Waals surface area contributed by atoms with Crippen LogP contribution >= 0.6 is 0 Å². The highest BCUT2D eigenvalue weighted by molar-refractivity contribution is 5.42. The predicted octanol–water partition coefficient (Wildman–Crippen LogP) is 0.138. The number of rotatable bonds is 1. The monoisotopic (exact) mass is 180 g/mol. The van der Waals surface area contributed by atoms with E-state index in [1.807, 2.05) is 12.1 Å². The molecular formula is C9H12N2O2. The maximum atomic E-state index is 9.56. The highest BCUT2D eigenvalue weighted by atomic mass is 16.5. The predicted molar refractivity (Wildman–Crippen MR) is 48.2 cm³/mol. The Morgan fingerprint density at radius 3 is 3.00 bits per heavy atom. The van der Waals surface area contributed by atoms with Gasteiger partial charge in [-0.1, -0.05) is 6.07 Å². The van der Waals surface area contributed by atoms with E-state index in [9.17, 15) is 5.11 Å². The van der Waals surface area contributed by atoms with E-state index in [0.29, 0.717) is 19.0 Å². The van der Waals surface area contributed by atoms with Gasteiger partial charge in [0, 0.05) is 17.7 Å². The molecule has 1 aliphatic rings. The fraction of sp³-hybridized carbons (Fsp3) is 0.444. The van der Waals surface area contributed by atoms with Crippen molar-refractivity contribution in [2.45, 2.75) is 12.0 Å². The number of anilines is 1. The van der Waals surface area contributed by atoms with Crippen LogP contribution in [0.1, 0.15) is 11.5 Å². The van der Waals surface area contributed by atoms with Gasteiger partial charge in [-0.15, -0.1) is 0 Å². The van der Waals surface area contributed by atoms with Gasteiger partial charge in [-0.2, -0.15) is 0 Å². The molecule has 4 nitrogen and oxygen atoms in total. The molecular weight excluding hydrogens is 168 g/mol. The van der Waals surface area contributed by atoms with Crippen LogP contribution in [0.25, 0.3) is 0 Å². The van der Waals surface area contributed by atoms with Crippen LogP contribution in [0.3, 0.4) is 0 Å². The van der Waals surface area contributed by atoms with Crippen molar-refractivity contribution in [1.82, 2.24) is 4.98 Å². The summed E-state index contributed by atoms with van der Waals surface area (Å²) in [6.07, 6.45) is 1.19. The topological polar surface area (TPSA) is 68.4 Å². The highest BCUT2D eigenvalue weighted by Gasteiger charge is 2.29. The summed E-state index contributed by atoms with van der Waals surface area (Å²) in [4.78, 5) is 3.97. The van der Waals surface area contributed by atoms with Gasteiger partial charge in [0.25, 0.3) is 0 Å². The molecule has 70 valence electrons. The standard InChI is InChI=1S/C9H12N2O2/c10-9-6(2-1-3-11-9)7-4-13-5-8(7)12/h1-3,7-8,12H,4-5H2,(H2,10,11). The Balaban J connectivity index is 2.29. The first-order valence-electron chi connectivity index (χ1n) is 4.25. The molecule has 1 saturated heterocycles. The zero-order chi connectivity index (χ0) is 9.26. The van der Waals surface area contributed by atoms with Crippen molar-refractivity contribution in [3.05, 3.63) is 23.9 Å². The number of pyridine rings is 1. The number of nitrogens with two attached hydrogens (primary N) is 1. The molecule has 0 radical (unpaired) electrons. The van der Waals surface area contributed by atoms with Gasteiger partial charge in [0.2, 0.25) is 0 Å². The number of aromatic nitrogens is 1. The summed E-state index contributed by atoms with van der Waals surface area (Å²) in [6, 6.07) is 3.70. The third-order valence-electron chi connectivity index (χ3n) is 2.32. The molecule has 1 aromatic heterocycles. The maximum absolute atomic E-state index is 9.56. The Labute approximate surface area is 76.4 Å². The molecule has 0 aromatic carbocycles. The number of aliphatic hydroxyl groups is 1. The quantitative estimate of drug-likeness (QED) is 0.645. The van der Waals surface area contributed by atoms with Gasteiger partial charge in [0.05, 0.1) is 19.3 Å². The average Bonchev–Trinajstić information content (AvgIpc) is 2.52. The van der Waals surface area contributed by atoms with Crippen molar-refractivity contribution in [1.29, 1.82) is 0 Å². The smallest absolute Gasteiger partial charge is 0.126 e. The first-order valence-corrected chi connectivity index (χ1v) is 4.25. The van der Waals surface area contributed by atoms with E-state index < -0.39 is 6.10 Å². The van der Waals surface area contributed by atoms with Gasteiger partial charge in [0.1, 0.15) is 5.82 Å². The van der Waals surface area contributed by atoms with E-state index in [0.717, 1.165) is 5.56 Å². The molecule has 2 rings (SSSR count). The third kappa shape index (κ3) is 1.50. The van der Waals surface area contributed by atoms with Crippen molar-refractivity contribution in [2.24, 2.45) is 0 Å². The molecule has 1 aromatic rings. The number of hydrogen-bond acceptors (Lipinski definition) is 4. The van der Waals surface area contributed by atoms with Crippen LogP contribution in [0.5, 0.6) is 0 Å². The number of nitrogen functional groups attached to an aromatic ring is 1. The van der Waals surface area contributed by atoms with E-state index in [1.165, 1.54) is 0 Å². The number of hydrogen-bond donors (Lipinski definition) is 2. The summed E-state index contributed by atoms with van der Waals surface area (Å²) in [7, 11) is 0. The number of ether oxygens (including phenoxy) is 1. The second kappa shape index (κ2) is 3.32. The molecule has 2 atom stereocenters. The summed E-state index contributed by atoms with van der Waals surface area (Å²) >= 11 is 0. The van der Waals surface area contributed by atoms with E-state index >= 15 is 0 Å². The SMILES string of the molecule is Nc1ncccc1C1COCC1O.